The monoisotopic (exact) mass is 413 g/mol. The van der Waals surface area contributed by atoms with E-state index in [4.69, 9.17) is 9.84 Å². The highest BCUT2D eigenvalue weighted by molar-refractivity contribution is 7.89. The van der Waals surface area contributed by atoms with Crippen molar-refractivity contribution in [3.63, 3.8) is 0 Å². The van der Waals surface area contributed by atoms with E-state index in [-0.39, 0.29) is 21.9 Å². The summed E-state index contributed by atoms with van der Waals surface area (Å²) < 4.78 is 32.4. The summed E-state index contributed by atoms with van der Waals surface area (Å²) in [5.74, 6) is -2.33. The smallest absolute Gasteiger partial charge is 0.345 e. The van der Waals surface area contributed by atoms with Crippen molar-refractivity contribution >= 4 is 33.3 Å². The standard InChI is InChI=1S/C17H19NO7S2/c1-17(2,3)25-16(22)12-8-11(5-6-13(12)19)27(23,24)18-9-10-4-7-14(26-10)15(20)21/h4-8,18-19H,9H2,1-3H3,(H,20,21). The number of ether oxygens (including phenoxy) is 1. The Kier molecular flexibility index (Phi) is 5.93. The lowest BCUT2D eigenvalue weighted by Gasteiger charge is -2.20. The number of hydrogen-bond donors (Lipinski definition) is 3. The molecule has 1 heterocycles. The van der Waals surface area contributed by atoms with Crippen LogP contribution >= 0.6 is 11.3 Å². The molecule has 1 aromatic carbocycles. The van der Waals surface area contributed by atoms with Crippen LogP contribution in [0.15, 0.2) is 35.2 Å². The first-order chi connectivity index (χ1) is 12.4. The number of carboxylic acids is 1. The van der Waals surface area contributed by atoms with E-state index in [0.717, 1.165) is 29.5 Å². The number of hydrogen-bond acceptors (Lipinski definition) is 7. The molecule has 0 aliphatic heterocycles. The van der Waals surface area contributed by atoms with Crippen LogP contribution in [0.3, 0.4) is 0 Å². The Morgan fingerprint density at radius 1 is 1.19 bits per heavy atom. The summed E-state index contributed by atoms with van der Waals surface area (Å²) in [6, 6.07) is 6.18. The van der Waals surface area contributed by atoms with Crippen molar-refractivity contribution in [1.82, 2.24) is 4.72 Å². The summed E-state index contributed by atoms with van der Waals surface area (Å²) >= 11 is 0.953. The van der Waals surface area contributed by atoms with Gasteiger partial charge in [0.25, 0.3) is 0 Å². The number of rotatable bonds is 6. The van der Waals surface area contributed by atoms with Crippen molar-refractivity contribution in [2.24, 2.45) is 0 Å². The van der Waals surface area contributed by atoms with Crippen LogP contribution in [0.2, 0.25) is 0 Å². The van der Waals surface area contributed by atoms with Crippen LogP contribution in [0, 0.1) is 0 Å². The van der Waals surface area contributed by atoms with E-state index in [0.29, 0.717) is 4.88 Å². The summed E-state index contributed by atoms with van der Waals surface area (Å²) in [6.45, 7) is 4.84. The van der Waals surface area contributed by atoms with E-state index >= 15 is 0 Å². The normalized spacial score (nSPS) is 12.0. The van der Waals surface area contributed by atoms with Gasteiger partial charge in [0.2, 0.25) is 10.0 Å². The third-order valence-electron chi connectivity index (χ3n) is 3.21. The van der Waals surface area contributed by atoms with Gasteiger partial charge in [-0.2, -0.15) is 0 Å². The summed E-state index contributed by atoms with van der Waals surface area (Å²) in [7, 11) is -4.00. The number of aromatic carboxylic acids is 1. The van der Waals surface area contributed by atoms with E-state index in [9.17, 15) is 23.1 Å². The Balaban J connectivity index is 2.21. The van der Waals surface area contributed by atoms with Crippen LogP contribution in [0.25, 0.3) is 0 Å². The molecule has 2 aromatic rings. The van der Waals surface area contributed by atoms with Crippen molar-refractivity contribution < 1.29 is 33.0 Å². The molecular weight excluding hydrogens is 394 g/mol. The third kappa shape index (κ3) is 5.52. The number of carboxylic acid groups (broad SMARTS) is 1. The molecule has 0 amide bonds. The van der Waals surface area contributed by atoms with Crippen LogP contribution in [0.5, 0.6) is 5.75 Å². The molecule has 0 saturated heterocycles. The maximum atomic E-state index is 12.5. The fourth-order valence-corrected chi connectivity index (χ4v) is 3.93. The van der Waals surface area contributed by atoms with Crippen LogP contribution in [-0.2, 0) is 21.3 Å². The highest BCUT2D eigenvalue weighted by Gasteiger charge is 2.23. The number of nitrogens with one attached hydrogen (secondary N) is 1. The number of esters is 1. The van der Waals surface area contributed by atoms with Gasteiger partial charge < -0.3 is 14.9 Å². The van der Waals surface area contributed by atoms with E-state index in [2.05, 4.69) is 4.72 Å². The van der Waals surface area contributed by atoms with Gasteiger partial charge >= 0.3 is 11.9 Å². The van der Waals surface area contributed by atoms with E-state index < -0.39 is 33.3 Å². The minimum Gasteiger partial charge on any atom is -0.507 e. The first-order valence-electron chi connectivity index (χ1n) is 7.77. The molecule has 0 unspecified atom stereocenters. The second-order valence-corrected chi connectivity index (χ2v) is 9.51. The molecule has 0 aliphatic rings. The second kappa shape index (κ2) is 7.67. The third-order valence-corrected chi connectivity index (χ3v) is 5.68. The Hall–Kier alpha value is -2.43. The molecule has 0 aliphatic carbocycles. The average molecular weight is 413 g/mol. The predicted octanol–water partition coefficient (Wildman–Crippen LogP) is 2.59. The van der Waals surface area contributed by atoms with E-state index in [1.807, 2.05) is 0 Å². The second-order valence-electron chi connectivity index (χ2n) is 6.58. The topological polar surface area (TPSA) is 130 Å². The average Bonchev–Trinajstić information content (AvgIpc) is 3.01. The van der Waals surface area contributed by atoms with E-state index in [1.165, 1.54) is 12.1 Å². The van der Waals surface area contributed by atoms with Gasteiger partial charge in [-0.3, -0.25) is 0 Å². The molecule has 0 spiro atoms. The number of aromatic hydroxyl groups is 1. The van der Waals surface area contributed by atoms with E-state index in [1.54, 1.807) is 20.8 Å². The lowest BCUT2D eigenvalue weighted by molar-refractivity contribution is 0.00663. The molecule has 1 aromatic heterocycles. The van der Waals surface area contributed by atoms with Crippen LogP contribution in [0.1, 0.15) is 45.7 Å². The molecule has 27 heavy (non-hydrogen) atoms. The Morgan fingerprint density at radius 2 is 1.85 bits per heavy atom. The zero-order valence-electron chi connectivity index (χ0n) is 14.8. The summed E-state index contributed by atoms with van der Waals surface area (Å²) in [5.41, 5.74) is -1.07. The summed E-state index contributed by atoms with van der Waals surface area (Å²) in [4.78, 5) is 23.4. The zero-order valence-corrected chi connectivity index (χ0v) is 16.5. The quantitative estimate of drug-likeness (QED) is 0.621. The van der Waals surface area contributed by atoms with Gasteiger partial charge in [-0.15, -0.1) is 11.3 Å². The minimum absolute atomic E-state index is 0.0982. The van der Waals surface area contributed by atoms with Crippen LogP contribution in [0.4, 0.5) is 0 Å². The Morgan fingerprint density at radius 3 is 2.41 bits per heavy atom. The van der Waals surface area contributed by atoms with Crippen molar-refractivity contribution in [2.45, 2.75) is 37.8 Å². The molecule has 0 radical (unpaired) electrons. The first kappa shape index (κ1) is 20.9. The Labute approximate surface area is 160 Å². The fraction of sp³-hybridized carbons (Fsp3) is 0.294. The first-order valence-corrected chi connectivity index (χ1v) is 10.1. The minimum atomic E-state index is -4.00. The maximum absolute atomic E-state index is 12.5. The van der Waals surface area contributed by atoms with Gasteiger partial charge in [0.15, 0.2) is 0 Å². The maximum Gasteiger partial charge on any atom is 0.345 e. The molecule has 0 bridgehead atoms. The molecule has 0 fully saturated rings. The van der Waals surface area contributed by atoms with Crippen molar-refractivity contribution in [3.8, 4) is 5.75 Å². The molecule has 2 rings (SSSR count). The summed E-state index contributed by atoms with van der Waals surface area (Å²) in [6.07, 6.45) is 0. The molecule has 3 N–H and O–H groups in total. The summed E-state index contributed by atoms with van der Waals surface area (Å²) in [5, 5.41) is 18.8. The van der Waals surface area contributed by atoms with Gasteiger partial charge in [-0.1, -0.05) is 0 Å². The van der Waals surface area contributed by atoms with Crippen LogP contribution in [-0.4, -0.2) is 36.2 Å². The molecule has 10 heteroatoms. The number of sulfonamides is 1. The number of thiophene rings is 1. The van der Waals surface area contributed by atoms with Crippen molar-refractivity contribution in [2.75, 3.05) is 0 Å². The molecule has 0 saturated carbocycles. The predicted molar refractivity (Wildman–Crippen MR) is 98.6 cm³/mol. The van der Waals surface area contributed by atoms with Gasteiger partial charge in [0.05, 0.1) is 4.90 Å². The number of phenols is 1. The zero-order chi connectivity index (χ0) is 20.4. The number of phenolic OH excluding ortho intramolecular Hbond substituents is 1. The van der Waals surface area contributed by atoms with Gasteiger partial charge in [0.1, 0.15) is 21.8 Å². The van der Waals surface area contributed by atoms with Crippen molar-refractivity contribution in [1.29, 1.82) is 0 Å². The number of benzene rings is 1. The SMILES string of the molecule is CC(C)(C)OC(=O)c1cc(S(=O)(=O)NCc2ccc(C(=O)O)s2)ccc1O. The Bertz CT molecular complexity index is 971. The van der Waals surface area contributed by atoms with Gasteiger partial charge in [-0.05, 0) is 51.1 Å². The van der Waals surface area contributed by atoms with Gasteiger partial charge in [-0.25, -0.2) is 22.7 Å². The van der Waals surface area contributed by atoms with Crippen molar-refractivity contribution in [3.05, 3.63) is 45.6 Å². The highest BCUT2D eigenvalue weighted by atomic mass is 32.2. The fourth-order valence-electron chi connectivity index (χ4n) is 2.02. The molecule has 146 valence electrons. The highest BCUT2D eigenvalue weighted by Crippen LogP contribution is 2.24. The largest absolute Gasteiger partial charge is 0.507 e. The number of carbonyl (C=O) groups is 2. The van der Waals surface area contributed by atoms with Crippen LogP contribution < -0.4 is 4.72 Å². The molecule has 0 atom stereocenters. The molecule has 8 nitrogen and oxygen atoms in total. The lowest BCUT2D eigenvalue weighted by atomic mass is 10.1. The van der Waals surface area contributed by atoms with Gasteiger partial charge in [0, 0.05) is 11.4 Å². The lowest BCUT2D eigenvalue weighted by Crippen LogP contribution is -2.25. The number of carbonyl (C=O) groups excluding carboxylic acids is 1. The molecular formula is C17H19NO7S2.